The Balaban J connectivity index is 1.44. The summed E-state index contributed by atoms with van der Waals surface area (Å²) in [7, 11) is 3.62. The Morgan fingerprint density at radius 1 is 1.26 bits per heavy atom. The molecule has 2 aliphatic rings. The van der Waals surface area contributed by atoms with Gasteiger partial charge in [-0.15, -0.1) is 9.03 Å². The molecule has 3 rings (SSSR count). The smallest absolute Gasteiger partial charge is 0.137 e. The number of benzene rings is 1. The third-order valence-electron chi connectivity index (χ3n) is 5.73. The van der Waals surface area contributed by atoms with Gasteiger partial charge in [0.1, 0.15) is 17.4 Å². The Bertz CT molecular complexity index is 584. The minimum Gasteiger partial charge on any atom is -0.579 e. The number of piperidine rings is 1. The summed E-state index contributed by atoms with van der Waals surface area (Å²) in [6.07, 6.45) is 5.36. The summed E-state index contributed by atoms with van der Waals surface area (Å²) < 4.78 is 36.7. The molecule has 1 aromatic carbocycles. The van der Waals surface area contributed by atoms with E-state index in [1.807, 2.05) is 20.2 Å². The van der Waals surface area contributed by atoms with Gasteiger partial charge >= 0.3 is 0 Å². The van der Waals surface area contributed by atoms with Crippen molar-refractivity contribution in [1.29, 1.82) is 0 Å². The second-order valence-corrected chi connectivity index (χ2v) is 9.37. The van der Waals surface area contributed by atoms with Gasteiger partial charge < -0.3 is 14.6 Å². The molecule has 0 aromatic heterocycles. The second-order valence-electron chi connectivity index (χ2n) is 7.90. The van der Waals surface area contributed by atoms with Crippen molar-refractivity contribution in [3.63, 3.8) is 0 Å². The van der Waals surface area contributed by atoms with Crippen molar-refractivity contribution in [3.8, 4) is 0 Å². The highest BCUT2D eigenvalue weighted by molar-refractivity contribution is 7.87. The first kappa shape index (κ1) is 21.0. The molecule has 1 aliphatic carbocycles. The van der Waals surface area contributed by atoms with E-state index in [0.29, 0.717) is 18.4 Å². The Morgan fingerprint density at radius 3 is 2.74 bits per heavy atom. The molecular formula is C20H32FN3O2S. The van der Waals surface area contributed by atoms with Gasteiger partial charge in [-0.1, -0.05) is 12.1 Å². The van der Waals surface area contributed by atoms with Crippen LogP contribution in [0.3, 0.4) is 0 Å². The quantitative estimate of drug-likeness (QED) is 0.693. The molecular weight excluding hydrogens is 365 g/mol. The molecule has 1 saturated carbocycles. The summed E-state index contributed by atoms with van der Waals surface area (Å²) in [5.74, 6) is 0.613. The van der Waals surface area contributed by atoms with Gasteiger partial charge in [-0.3, -0.25) is 0 Å². The molecule has 5 nitrogen and oxygen atoms in total. The van der Waals surface area contributed by atoms with Gasteiger partial charge in [-0.25, -0.2) is 4.39 Å². The SMILES string of the molecule is CN(C)[S+]([O-])NC1CCNCC1CO[C@H]1CC[C@@H](c2cccc(F)c2)CC1. The lowest BCUT2D eigenvalue weighted by molar-refractivity contribution is -0.00414. The van der Waals surface area contributed by atoms with Gasteiger partial charge in [0.2, 0.25) is 0 Å². The van der Waals surface area contributed by atoms with Gasteiger partial charge in [-0.05, 0) is 62.3 Å². The van der Waals surface area contributed by atoms with E-state index in [2.05, 4.69) is 10.0 Å². The molecule has 0 bridgehead atoms. The van der Waals surface area contributed by atoms with Crippen molar-refractivity contribution in [2.45, 2.75) is 50.2 Å². The molecule has 1 aliphatic heterocycles. The highest BCUT2D eigenvalue weighted by Gasteiger charge is 2.31. The molecule has 1 heterocycles. The van der Waals surface area contributed by atoms with Crippen molar-refractivity contribution in [2.75, 3.05) is 33.8 Å². The number of nitrogens with one attached hydrogen (secondary N) is 2. The van der Waals surface area contributed by atoms with Crippen molar-refractivity contribution in [1.82, 2.24) is 14.3 Å². The third kappa shape index (κ3) is 6.14. The first-order valence-electron chi connectivity index (χ1n) is 9.96. The summed E-state index contributed by atoms with van der Waals surface area (Å²) in [5.41, 5.74) is 1.11. The fourth-order valence-corrected chi connectivity index (χ4v) is 4.85. The standard InChI is InChI=1S/C20H32FN3O2S/c1-24(2)27(25)23-20-10-11-22-13-17(20)14-26-19-8-6-15(7-9-19)16-4-3-5-18(21)12-16/h3-5,12,15,17,19-20,22-23H,6-11,13-14H2,1-2H3/t15-,17?,19+,20?,27?. The van der Waals surface area contributed by atoms with Gasteiger partial charge in [0, 0.05) is 26.6 Å². The fraction of sp³-hybridized carbons (Fsp3) is 0.700. The van der Waals surface area contributed by atoms with Crippen molar-refractivity contribution >= 4 is 11.5 Å². The minimum absolute atomic E-state index is 0.149. The Kier molecular flexibility index (Phi) is 7.93. The molecule has 2 fully saturated rings. The topological polar surface area (TPSA) is 59.6 Å². The van der Waals surface area contributed by atoms with Crippen LogP contribution in [0, 0.1) is 11.7 Å². The van der Waals surface area contributed by atoms with E-state index < -0.39 is 11.5 Å². The lowest BCUT2D eigenvalue weighted by Gasteiger charge is -2.35. The normalized spacial score (nSPS) is 30.4. The van der Waals surface area contributed by atoms with Crippen LogP contribution < -0.4 is 10.0 Å². The monoisotopic (exact) mass is 397 g/mol. The molecule has 0 amide bonds. The van der Waals surface area contributed by atoms with Gasteiger partial charge in [-0.2, -0.15) is 0 Å². The average molecular weight is 398 g/mol. The number of ether oxygens (including phenoxy) is 1. The third-order valence-corrected chi connectivity index (χ3v) is 6.90. The van der Waals surface area contributed by atoms with E-state index in [1.54, 1.807) is 16.4 Å². The van der Waals surface area contributed by atoms with Crippen LogP contribution in [0.2, 0.25) is 0 Å². The summed E-state index contributed by atoms with van der Waals surface area (Å²) in [5, 5.41) is 3.42. The molecule has 1 aromatic rings. The summed E-state index contributed by atoms with van der Waals surface area (Å²) >= 11 is -1.16. The first-order valence-corrected chi connectivity index (χ1v) is 11.1. The molecule has 3 unspecified atom stereocenters. The van der Waals surface area contributed by atoms with Crippen LogP contribution in [0.5, 0.6) is 0 Å². The number of halogens is 1. The maximum absolute atomic E-state index is 13.4. The van der Waals surface area contributed by atoms with Crippen LogP contribution >= 0.6 is 0 Å². The van der Waals surface area contributed by atoms with E-state index in [1.165, 1.54) is 6.07 Å². The van der Waals surface area contributed by atoms with Crippen LogP contribution in [0.4, 0.5) is 4.39 Å². The van der Waals surface area contributed by atoms with E-state index in [9.17, 15) is 8.94 Å². The van der Waals surface area contributed by atoms with Crippen LogP contribution in [0.25, 0.3) is 0 Å². The number of nitrogens with zero attached hydrogens (tertiary/aromatic N) is 1. The second kappa shape index (κ2) is 10.2. The van der Waals surface area contributed by atoms with E-state index >= 15 is 0 Å². The van der Waals surface area contributed by atoms with Crippen molar-refractivity contribution in [2.24, 2.45) is 5.92 Å². The predicted octanol–water partition coefficient (Wildman–Crippen LogP) is 2.58. The molecule has 27 heavy (non-hydrogen) atoms. The van der Waals surface area contributed by atoms with Crippen LogP contribution in [-0.4, -0.2) is 54.8 Å². The fourth-order valence-electron chi connectivity index (χ4n) is 4.07. The predicted molar refractivity (Wildman–Crippen MR) is 107 cm³/mol. The zero-order valence-electron chi connectivity index (χ0n) is 16.3. The molecule has 152 valence electrons. The molecule has 3 atom stereocenters. The van der Waals surface area contributed by atoms with Gasteiger partial charge in [0.15, 0.2) is 0 Å². The lowest BCUT2D eigenvalue weighted by atomic mass is 9.82. The number of hydrogen-bond acceptors (Lipinski definition) is 5. The molecule has 0 spiro atoms. The minimum atomic E-state index is -1.16. The van der Waals surface area contributed by atoms with Crippen molar-refractivity contribution in [3.05, 3.63) is 35.6 Å². The van der Waals surface area contributed by atoms with E-state index in [0.717, 1.165) is 50.8 Å². The molecule has 7 heteroatoms. The maximum Gasteiger partial charge on any atom is 0.137 e. The highest BCUT2D eigenvalue weighted by Crippen LogP contribution is 2.34. The Labute approximate surface area is 165 Å². The van der Waals surface area contributed by atoms with Crippen LogP contribution in [0.1, 0.15) is 43.6 Å². The maximum atomic E-state index is 13.4. The zero-order chi connectivity index (χ0) is 19.2. The van der Waals surface area contributed by atoms with Gasteiger partial charge in [0.05, 0.1) is 18.8 Å². The molecule has 0 radical (unpaired) electrons. The Morgan fingerprint density at radius 2 is 2.04 bits per heavy atom. The summed E-state index contributed by atoms with van der Waals surface area (Å²) in [6, 6.07) is 7.21. The Hall–Kier alpha value is -0.700. The zero-order valence-corrected chi connectivity index (χ0v) is 17.1. The van der Waals surface area contributed by atoms with Crippen molar-refractivity contribution < 1.29 is 13.7 Å². The summed E-state index contributed by atoms with van der Waals surface area (Å²) in [4.78, 5) is 0. The van der Waals surface area contributed by atoms with E-state index in [-0.39, 0.29) is 18.0 Å². The first-order chi connectivity index (χ1) is 13.0. The number of rotatable bonds is 7. The molecule has 1 saturated heterocycles. The highest BCUT2D eigenvalue weighted by atomic mass is 32.2. The molecule has 2 N–H and O–H groups in total. The van der Waals surface area contributed by atoms with Crippen LogP contribution in [-0.2, 0) is 16.3 Å². The number of hydrogen-bond donors (Lipinski definition) is 2. The average Bonchev–Trinajstić information content (AvgIpc) is 2.67. The van der Waals surface area contributed by atoms with E-state index in [4.69, 9.17) is 4.74 Å². The van der Waals surface area contributed by atoms with Gasteiger partial charge in [0.25, 0.3) is 0 Å². The lowest BCUT2D eigenvalue weighted by Crippen LogP contribution is -2.53. The summed E-state index contributed by atoms with van der Waals surface area (Å²) in [6.45, 7) is 2.52. The largest absolute Gasteiger partial charge is 0.579 e. The van der Waals surface area contributed by atoms with Crippen LogP contribution in [0.15, 0.2) is 24.3 Å².